The SMILES string of the molecule is CC(C)(C)Cc1ccccc1.CC(C)(C)Cc1ccccc1.CC(C)(C)Cc1ccccc1.CC(C)(C)Cc1ccccn1.CC(C)(C)Cc1cnc[nH]1. The molecule has 0 aliphatic heterocycles. The van der Waals surface area contributed by atoms with Crippen molar-refractivity contribution in [2.75, 3.05) is 0 Å². The summed E-state index contributed by atoms with van der Waals surface area (Å²) in [5.41, 5.74) is 8.60. The van der Waals surface area contributed by atoms with Gasteiger partial charge < -0.3 is 4.98 Å². The molecule has 0 saturated carbocycles. The van der Waals surface area contributed by atoms with Crippen LogP contribution in [0.4, 0.5) is 0 Å². The number of nitrogens with zero attached hydrogens (tertiary/aromatic N) is 2. The summed E-state index contributed by atoms with van der Waals surface area (Å²) in [6.07, 6.45) is 11.0. The Morgan fingerprint density at radius 3 is 0.981 bits per heavy atom. The standard InChI is InChI=1S/3C11H16.C10H15N.C8H14N2/c3*1-11(2,3)9-10-7-5-4-6-8-10;1-10(2,3)8-9-6-4-5-7-11-9;1-8(2,3)4-7-5-9-6-10-7/h3*4-8H,9H2,1-3H3;4-7H,8H2,1-3H3;5-6H,4H2,1-3H3,(H,9,10). The first-order chi connectivity index (χ1) is 24.9. The third-order valence-corrected chi connectivity index (χ3v) is 7.45. The van der Waals surface area contributed by atoms with E-state index in [0.717, 1.165) is 32.1 Å². The molecule has 3 aromatic carbocycles. The van der Waals surface area contributed by atoms with Crippen LogP contribution in [0.3, 0.4) is 0 Å². The lowest BCUT2D eigenvalue weighted by Crippen LogP contribution is -2.09. The summed E-state index contributed by atoms with van der Waals surface area (Å²) in [5.74, 6) is 0. The van der Waals surface area contributed by atoms with Crippen LogP contribution in [-0.2, 0) is 32.1 Å². The zero-order valence-electron chi connectivity index (χ0n) is 37.1. The third-order valence-electron chi connectivity index (χ3n) is 7.45. The second kappa shape index (κ2) is 23.1. The van der Waals surface area contributed by atoms with Gasteiger partial charge in [-0.05, 0) is 88.0 Å². The largest absolute Gasteiger partial charge is 0.348 e. The molecule has 0 saturated heterocycles. The van der Waals surface area contributed by atoms with E-state index in [2.05, 4.69) is 216 Å². The maximum absolute atomic E-state index is 4.26. The summed E-state index contributed by atoms with van der Waals surface area (Å²) < 4.78 is 0. The van der Waals surface area contributed by atoms with Crippen molar-refractivity contribution in [3.63, 3.8) is 0 Å². The van der Waals surface area contributed by atoms with E-state index >= 15 is 0 Å². The fourth-order valence-electron chi connectivity index (χ4n) is 5.62. The van der Waals surface area contributed by atoms with E-state index in [0.29, 0.717) is 27.1 Å². The van der Waals surface area contributed by atoms with Crippen LogP contribution >= 0.6 is 0 Å². The number of aromatic nitrogens is 3. The summed E-state index contributed by atoms with van der Waals surface area (Å²) in [5, 5.41) is 0. The summed E-state index contributed by atoms with van der Waals surface area (Å²) in [6.45, 7) is 33.7. The summed E-state index contributed by atoms with van der Waals surface area (Å²) in [7, 11) is 0. The molecule has 0 bridgehead atoms. The van der Waals surface area contributed by atoms with Gasteiger partial charge in [0.05, 0.1) is 6.33 Å². The molecule has 296 valence electrons. The number of aromatic amines is 1. The fraction of sp³-hybridized carbons (Fsp3) is 0.490. The molecule has 0 aliphatic carbocycles. The second-order valence-electron chi connectivity index (χ2n) is 20.5. The molecule has 3 nitrogen and oxygen atoms in total. The number of hydrogen-bond acceptors (Lipinski definition) is 2. The number of nitrogens with one attached hydrogen (secondary N) is 1. The molecule has 0 radical (unpaired) electrons. The van der Waals surface area contributed by atoms with Crippen molar-refractivity contribution in [2.45, 2.75) is 136 Å². The number of rotatable bonds is 5. The average Bonchev–Trinajstić information content (AvgIpc) is 3.53. The van der Waals surface area contributed by atoms with E-state index in [-0.39, 0.29) is 0 Å². The molecule has 3 heteroatoms. The van der Waals surface area contributed by atoms with Crippen molar-refractivity contribution in [3.05, 3.63) is 156 Å². The molecule has 0 amide bonds. The molecule has 0 unspecified atom stereocenters. The average molecular weight is 732 g/mol. The van der Waals surface area contributed by atoms with Crippen LogP contribution in [0.25, 0.3) is 0 Å². The third kappa shape index (κ3) is 29.5. The molecule has 0 atom stereocenters. The fourth-order valence-corrected chi connectivity index (χ4v) is 5.62. The molecular weight excluding hydrogens is 655 g/mol. The molecule has 0 aliphatic rings. The summed E-state index contributed by atoms with van der Waals surface area (Å²) in [6, 6.07) is 38.0. The van der Waals surface area contributed by atoms with Gasteiger partial charge in [0, 0.05) is 23.8 Å². The van der Waals surface area contributed by atoms with Crippen LogP contribution in [0.15, 0.2) is 128 Å². The van der Waals surface area contributed by atoms with Crippen molar-refractivity contribution in [2.24, 2.45) is 27.1 Å². The van der Waals surface area contributed by atoms with Gasteiger partial charge in [-0.1, -0.05) is 201 Å². The Hall–Kier alpha value is -3.98. The quantitative estimate of drug-likeness (QED) is 0.196. The van der Waals surface area contributed by atoms with Crippen LogP contribution in [0.5, 0.6) is 0 Å². The Kier molecular flexibility index (Phi) is 20.5. The maximum Gasteiger partial charge on any atom is 0.0921 e. The molecule has 0 fully saturated rings. The van der Waals surface area contributed by atoms with Crippen molar-refractivity contribution in [1.82, 2.24) is 15.0 Å². The van der Waals surface area contributed by atoms with E-state index in [1.165, 1.54) is 28.1 Å². The Balaban J connectivity index is 0.000000338. The minimum atomic E-state index is 0.342. The van der Waals surface area contributed by atoms with Crippen LogP contribution < -0.4 is 0 Å². The first-order valence-electron chi connectivity index (χ1n) is 19.9. The van der Waals surface area contributed by atoms with Gasteiger partial charge in [-0.15, -0.1) is 0 Å². The van der Waals surface area contributed by atoms with E-state index in [1.54, 1.807) is 6.33 Å². The minimum absolute atomic E-state index is 0.342. The van der Waals surface area contributed by atoms with Gasteiger partial charge in [-0.25, -0.2) is 4.98 Å². The zero-order chi connectivity index (χ0) is 40.9. The van der Waals surface area contributed by atoms with Gasteiger partial charge in [0.2, 0.25) is 0 Å². The highest BCUT2D eigenvalue weighted by atomic mass is 14.9. The maximum atomic E-state index is 4.26. The van der Waals surface area contributed by atoms with Gasteiger partial charge in [-0.3, -0.25) is 4.98 Å². The van der Waals surface area contributed by atoms with Crippen molar-refractivity contribution in [1.29, 1.82) is 0 Å². The summed E-state index contributed by atoms with van der Waals surface area (Å²) >= 11 is 0. The molecule has 2 aromatic heterocycles. The monoisotopic (exact) mass is 732 g/mol. The van der Waals surface area contributed by atoms with Gasteiger partial charge >= 0.3 is 0 Å². The molecule has 54 heavy (non-hydrogen) atoms. The van der Waals surface area contributed by atoms with E-state index < -0.39 is 0 Å². The summed E-state index contributed by atoms with van der Waals surface area (Å²) in [4.78, 5) is 11.3. The normalized spacial score (nSPS) is 11.6. The lowest BCUT2D eigenvalue weighted by atomic mass is 9.88. The molecule has 1 N–H and O–H groups in total. The number of pyridine rings is 1. The second-order valence-corrected chi connectivity index (χ2v) is 20.5. The topological polar surface area (TPSA) is 41.6 Å². The van der Waals surface area contributed by atoms with Gasteiger partial charge in [0.15, 0.2) is 0 Å². The lowest BCUT2D eigenvalue weighted by molar-refractivity contribution is 0.406. The Morgan fingerprint density at radius 1 is 0.389 bits per heavy atom. The van der Waals surface area contributed by atoms with Crippen molar-refractivity contribution in [3.8, 4) is 0 Å². The Labute approximate surface area is 332 Å². The molecular formula is C51H77N3. The van der Waals surface area contributed by atoms with Crippen LogP contribution in [0.2, 0.25) is 0 Å². The predicted octanol–water partition coefficient (Wildman–Crippen LogP) is 14.5. The lowest BCUT2D eigenvalue weighted by Gasteiger charge is -2.17. The Morgan fingerprint density at radius 2 is 0.722 bits per heavy atom. The predicted molar refractivity (Wildman–Crippen MR) is 238 cm³/mol. The molecule has 5 rings (SSSR count). The zero-order valence-corrected chi connectivity index (χ0v) is 37.1. The van der Waals surface area contributed by atoms with Gasteiger partial charge in [0.1, 0.15) is 0 Å². The molecule has 0 spiro atoms. The first kappa shape index (κ1) is 48.0. The van der Waals surface area contributed by atoms with Gasteiger partial charge in [0.25, 0.3) is 0 Å². The highest BCUT2D eigenvalue weighted by Gasteiger charge is 2.13. The van der Waals surface area contributed by atoms with Gasteiger partial charge in [-0.2, -0.15) is 0 Å². The highest BCUT2D eigenvalue weighted by molar-refractivity contribution is 5.17. The highest BCUT2D eigenvalue weighted by Crippen LogP contribution is 2.22. The number of benzene rings is 3. The minimum Gasteiger partial charge on any atom is -0.348 e. The van der Waals surface area contributed by atoms with E-state index in [1.807, 2.05) is 24.5 Å². The smallest absolute Gasteiger partial charge is 0.0921 e. The number of imidazole rings is 1. The first-order valence-corrected chi connectivity index (χ1v) is 19.9. The van der Waals surface area contributed by atoms with E-state index in [4.69, 9.17) is 0 Å². The van der Waals surface area contributed by atoms with Crippen molar-refractivity contribution < 1.29 is 0 Å². The number of hydrogen-bond donors (Lipinski definition) is 1. The van der Waals surface area contributed by atoms with E-state index in [9.17, 15) is 0 Å². The number of H-pyrrole nitrogens is 1. The molecule has 2 heterocycles. The molecule has 5 aromatic rings. The van der Waals surface area contributed by atoms with Crippen LogP contribution in [0, 0.1) is 27.1 Å². The van der Waals surface area contributed by atoms with Crippen molar-refractivity contribution >= 4 is 0 Å². The van der Waals surface area contributed by atoms with Crippen LogP contribution in [0.1, 0.15) is 132 Å². The van der Waals surface area contributed by atoms with Crippen LogP contribution in [-0.4, -0.2) is 15.0 Å². The Bertz CT molecular complexity index is 1380.